The molecule has 2 aromatic heterocycles. The van der Waals surface area contributed by atoms with Crippen LogP contribution >= 0.6 is 11.3 Å². The first-order chi connectivity index (χ1) is 10.1. The summed E-state index contributed by atoms with van der Waals surface area (Å²) in [6, 6.07) is 4.26. The van der Waals surface area contributed by atoms with Gasteiger partial charge in [0.25, 0.3) is 0 Å². The fourth-order valence-electron chi connectivity index (χ4n) is 2.87. The third kappa shape index (κ3) is 3.02. The van der Waals surface area contributed by atoms with Gasteiger partial charge in [-0.1, -0.05) is 13.8 Å². The van der Waals surface area contributed by atoms with Gasteiger partial charge >= 0.3 is 0 Å². The molecular formula is C16H21N3OS. The van der Waals surface area contributed by atoms with E-state index in [1.165, 1.54) is 0 Å². The van der Waals surface area contributed by atoms with E-state index in [0.29, 0.717) is 12.3 Å². The molecule has 112 valence electrons. The molecular weight excluding hydrogens is 282 g/mol. The van der Waals surface area contributed by atoms with Crippen molar-refractivity contribution in [3.63, 3.8) is 0 Å². The molecule has 0 aromatic carbocycles. The number of rotatable bonds is 4. The highest BCUT2D eigenvalue weighted by Crippen LogP contribution is 2.31. The Morgan fingerprint density at radius 1 is 1.57 bits per heavy atom. The van der Waals surface area contributed by atoms with Crippen molar-refractivity contribution in [2.45, 2.75) is 45.1 Å². The number of H-pyrrole nitrogens is 1. The average molecular weight is 303 g/mol. The number of amides is 1. The van der Waals surface area contributed by atoms with E-state index < -0.39 is 0 Å². The second-order valence-electron chi connectivity index (χ2n) is 5.88. The van der Waals surface area contributed by atoms with Crippen molar-refractivity contribution in [1.82, 2.24) is 14.9 Å². The highest BCUT2D eigenvalue weighted by Gasteiger charge is 2.30. The number of likely N-dealkylation sites (tertiary alicyclic amines) is 1. The minimum absolute atomic E-state index is 0.188. The van der Waals surface area contributed by atoms with Gasteiger partial charge < -0.3 is 9.88 Å². The molecule has 21 heavy (non-hydrogen) atoms. The van der Waals surface area contributed by atoms with E-state index >= 15 is 0 Å². The van der Waals surface area contributed by atoms with Gasteiger partial charge in [0.1, 0.15) is 0 Å². The largest absolute Gasteiger partial charge is 0.363 e. The van der Waals surface area contributed by atoms with Crippen molar-refractivity contribution in [2.24, 2.45) is 0 Å². The van der Waals surface area contributed by atoms with E-state index in [0.717, 1.165) is 35.8 Å². The zero-order valence-electron chi connectivity index (χ0n) is 12.5. The fraction of sp³-hybridized carbons (Fsp3) is 0.500. The molecule has 1 N–H and O–H groups in total. The quantitative estimate of drug-likeness (QED) is 0.939. The number of hydrogen-bond acceptors (Lipinski definition) is 3. The van der Waals surface area contributed by atoms with Crippen LogP contribution in [0.3, 0.4) is 0 Å². The van der Waals surface area contributed by atoms with Crippen LogP contribution in [0.1, 0.15) is 55.0 Å². The zero-order chi connectivity index (χ0) is 14.8. The van der Waals surface area contributed by atoms with E-state index in [4.69, 9.17) is 0 Å². The Morgan fingerprint density at radius 2 is 2.43 bits per heavy atom. The van der Waals surface area contributed by atoms with E-state index in [1.54, 1.807) is 11.3 Å². The summed E-state index contributed by atoms with van der Waals surface area (Å²) < 4.78 is 0. The lowest BCUT2D eigenvalue weighted by Crippen LogP contribution is -2.32. The summed E-state index contributed by atoms with van der Waals surface area (Å²) in [5, 5.41) is 3.13. The molecule has 0 radical (unpaired) electrons. The van der Waals surface area contributed by atoms with Crippen molar-refractivity contribution < 1.29 is 4.79 Å². The van der Waals surface area contributed by atoms with Gasteiger partial charge in [0.05, 0.1) is 23.2 Å². The molecule has 1 amide bonds. The smallest absolute Gasteiger partial charge is 0.229 e. The number of aromatic amines is 1. The molecule has 1 saturated heterocycles. The molecule has 0 unspecified atom stereocenters. The number of nitrogens with zero attached hydrogens (tertiary/aromatic N) is 2. The van der Waals surface area contributed by atoms with E-state index in [2.05, 4.69) is 29.9 Å². The SMILES string of the molecule is CC(C)c1nc(CC(=O)N2CCC[C@@H]2c2ccc[nH]2)cs1. The molecule has 2 aromatic rings. The summed E-state index contributed by atoms with van der Waals surface area (Å²) in [7, 11) is 0. The third-order valence-corrected chi connectivity index (χ3v) is 5.14. The highest BCUT2D eigenvalue weighted by atomic mass is 32.1. The first-order valence-electron chi connectivity index (χ1n) is 7.52. The van der Waals surface area contributed by atoms with Crippen LogP contribution in [0.2, 0.25) is 0 Å². The van der Waals surface area contributed by atoms with Gasteiger partial charge in [0.15, 0.2) is 0 Å². The Balaban J connectivity index is 1.69. The first kappa shape index (κ1) is 14.3. The van der Waals surface area contributed by atoms with Crippen LogP contribution in [0, 0.1) is 0 Å². The van der Waals surface area contributed by atoms with Crippen LogP contribution in [-0.4, -0.2) is 27.3 Å². The molecule has 1 aliphatic heterocycles. The lowest BCUT2D eigenvalue weighted by molar-refractivity contribution is -0.131. The number of hydrogen-bond donors (Lipinski definition) is 1. The third-order valence-electron chi connectivity index (χ3n) is 3.95. The van der Waals surface area contributed by atoms with Gasteiger partial charge in [-0.3, -0.25) is 4.79 Å². The summed E-state index contributed by atoms with van der Waals surface area (Å²) in [4.78, 5) is 22.4. The van der Waals surface area contributed by atoms with Crippen molar-refractivity contribution in [2.75, 3.05) is 6.54 Å². The predicted octanol–water partition coefficient (Wildman–Crippen LogP) is 3.50. The first-order valence-corrected chi connectivity index (χ1v) is 8.40. The second kappa shape index (κ2) is 6.02. The molecule has 1 aliphatic rings. The van der Waals surface area contributed by atoms with Crippen molar-refractivity contribution in [3.05, 3.63) is 40.1 Å². The Labute approximate surface area is 129 Å². The highest BCUT2D eigenvalue weighted by molar-refractivity contribution is 7.09. The number of nitrogens with one attached hydrogen (secondary N) is 1. The zero-order valence-corrected chi connectivity index (χ0v) is 13.3. The van der Waals surface area contributed by atoms with E-state index in [9.17, 15) is 4.79 Å². The van der Waals surface area contributed by atoms with Gasteiger partial charge in [-0.2, -0.15) is 0 Å². The Bertz CT molecular complexity index is 603. The Kier molecular flexibility index (Phi) is 4.10. The lowest BCUT2D eigenvalue weighted by atomic mass is 10.1. The summed E-state index contributed by atoms with van der Waals surface area (Å²) in [5.41, 5.74) is 2.05. The van der Waals surface area contributed by atoms with Crippen molar-refractivity contribution in [1.29, 1.82) is 0 Å². The molecule has 1 fully saturated rings. The standard InChI is InChI=1S/C16H21N3OS/c1-11(2)16-18-12(10-21-16)9-15(20)19-8-4-6-14(19)13-5-3-7-17-13/h3,5,7,10-11,14,17H,4,6,8-9H2,1-2H3/t14-/m1/s1. The molecule has 4 nitrogen and oxygen atoms in total. The fourth-order valence-corrected chi connectivity index (χ4v) is 3.70. The molecule has 3 rings (SSSR count). The minimum Gasteiger partial charge on any atom is -0.363 e. The van der Waals surface area contributed by atoms with Crippen molar-refractivity contribution >= 4 is 17.2 Å². The monoisotopic (exact) mass is 303 g/mol. The number of carbonyl (C=O) groups excluding carboxylic acids is 1. The molecule has 3 heterocycles. The number of carbonyl (C=O) groups is 1. The molecule has 0 bridgehead atoms. The van der Waals surface area contributed by atoms with Gasteiger partial charge in [-0.05, 0) is 25.0 Å². The average Bonchev–Trinajstić information content (AvgIpc) is 3.19. The maximum absolute atomic E-state index is 12.6. The Hall–Kier alpha value is -1.62. The van der Waals surface area contributed by atoms with E-state index in [-0.39, 0.29) is 11.9 Å². The summed E-state index contributed by atoms with van der Waals surface area (Å²) in [6.07, 6.45) is 4.45. The van der Waals surface area contributed by atoms with Gasteiger partial charge in [-0.15, -0.1) is 11.3 Å². The van der Waals surface area contributed by atoms with Crippen LogP contribution in [-0.2, 0) is 11.2 Å². The van der Waals surface area contributed by atoms with Gasteiger partial charge in [-0.25, -0.2) is 4.98 Å². The van der Waals surface area contributed by atoms with E-state index in [1.807, 2.05) is 22.5 Å². The topological polar surface area (TPSA) is 49.0 Å². The summed E-state index contributed by atoms with van der Waals surface area (Å²) >= 11 is 1.65. The van der Waals surface area contributed by atoms with Crippen LogP contribution < -0.4 is 0 Å². The number of aromatic nitrogens is 2. The second-order valence-corrected chi connectivity index (χ2v) is 6.77. The van der Waals surface area contributed by atoms with Crippen LogP contribution in [0.15, 0.2) is 23.7 Å². The maximum Gasteiger partial charge on any atom is 0.229 e. The Morgan fingerprint density at radius 3 is 3.10 bits per heavy atom. The van der Waals surface area contributed by atoms with Gasteiger partial charge in [0, 0.05) is 29.7 Å². The molecule has 0 aliphatic carbocycles. The normalized spacial score (nSPS) is 18.6. The maximum atomic E-state index is 12.6. The van der Waals surface area contributed by atoms with Gasteiger partial charge in [0.2, 0.25) is 5.91 Å². The van der Waals surface area contributed by atoms with Crippen molar-refractivity contribution in [3.8, 4) is 0 Å². The minimum atomic E-state index is 0.188. The summed E-state index contributed by atoms with van der Waals surface area (Å²) in [6.45, 7) is 5.11. The predicted molar refractivity (Wildman–Crippen MR) is 84.4 cm³/mol. The molecule has 0 spiro atoms. The van der Waals surface area contributed by atoms with Crippen LogP contribution in [0.4, 0.5) is 0 Å². The lowest BCUT2D eigenvalue weighted by Gasteiger charge is -2.23. The van der Waals surface area contributed by atoms with Crippen LogP contribution in [0.5, 0.6) is 0 Å². The molecule has 5 heteroatoms. The summed E-state index contributed by atoms with van der Waals surface area (Å²) in [5.74, 6) is 0.616. The number of thiazole rings is 1. The van der Waals surface area contributed by atoms with Crippen LogP contribution in [0.25, 0.3) is 0 Å². The molecule has 1 atom stereocenters. The molecule has 0 saturated carbocycles.